The number of hydrogen-bond donors (Lipinski definition) is 4. The summed E-state index contributed by atoms with van der Waals surface area (Å²) in [5.41, 5.74) is 0. The summed E-state index contributed by atoms with van der Waals surface area (Å²) in [4.78, 5) is 20.7. The van der Waals surface area contributed by atoms with E-state index in [2.05, 4.69) is 4.74 Å². The third-order valence-electron chi connectivity index (χ3n) is 2.37. The van der Waals surface area contributed by atoms with Crippen molar-refractivity contribution in [1.29, 1.82) is 0 Å². The molecule has 0 saturated carbocycles. The first-order valence-electron chi connectivity index (χ1n) is 4.61. The summed E-state index contributed by atoms with van der Waals surface area (Å²) >= 11 is 0. The van der Waals surface area contributed by atoms with Gasteiger partial charge in [-0.05, 0) is 12.6 Å². The van der Waals surface area contributed by atoms with Crippen LogP contribution >= 0.6 is 7.60 Å². The van der Waals surface area contributed by atoms with Crippen molar-refractivity contribution in [2.45, 2.75) is 37.1 Å². The molecule has 96 valence electrons. The fourth-order valence-corrected chi connectivity index (χ4v) is 2.03. The van der Waals surface area contributed by atoms with E-state index in [4.69, 9.17) is 10.2 Å². The molecule has 0 amide bonds. The van der Waals surface area contributed by atoms with Crippen LogP contribution in [0.5, 0.6) is 0 Å². The van der Waals surface area contributed by atoms with E-state index in [0.29, 0.717) is 0 Å². The maximum absolute atomic E-state index is 10.4. The summed E-state index contributed by atoms with van der Waals surface area (Å²) in [7, 11) is -4.73. The number of hydrogen-bond acceptors (Lipinski definition) is 8. The molecule has 1 rings (SSSR count). The van der Waals surface area contributed by atoms with Crippen LogP contribution in [0.2, 0.25) is 0 Å². The van der Waals surface area contributed by atoms with Crippen LogP contribution in [-0.4, -0.2) is 57.3 Å². The minimum Gasteiger partial charge on any atom is -0.811 e. The van der Waals surface area contributed by atoms with Crippen LogP contribution in [0.15, 0.2) is 0 Å². The molecule has 8 nitrogen and oxygen atoms in total. The molecule has 4 N–H and O–H groups in total. The number of aliphatic hydroxyl groups is 4. The molecule has 0 aromatic heterocycles. The van der Waals surface area contributed by atoms with Gasteiger partial charge in [0.1, 0.15) is 18.3 Å². The van der Waals surface area contributed by atoms with E-state index in [-0.39, 0.29) is 6.42 Å². The SMILES string of the molecule is O=P([O-])([O-])CC[C@H]1O[C@H](O)[C@H](O)[C@@H](O)[C@@H]1O. The van der Waals surface area contributed by atoms with Gasteiger partial charge in [-0.15, -0.1) is 0 Å². The van der Waals surface area contributed by atoms with Gasteiger partial charge in [-0.1, -0.05) is 7.60 Å². The van der Waals surface area contributed by atoms with Gasteiger partial charge in [-0.2, -0.15) is 0 Å². The summed E-state index contributed by atoms with van der Waals surface area (Å²) in [5, 5.41) is 36.8. The summed E-state index contributed by atoms with van der Waals surface area (Å²) < 4.78 is 15.0. The largest absolute Gasteiger partial charge is 0.811 e. The van der Waals surface area contributed by atoms with E-state index < -0.39 is 44.5 Å². The number of rotatable bonds is 3. The molecule has 0 aromatic rings. The Labute approximate surface area is 91.3 Å². The van der Waals surface area contributed by atoms with Gasteiger partial charge in [0.25, 0.3) is 0 Å². The summed E-state index contributed by atoms with van der Waals surface area (Å²) in [6.45, 7) is 0. The average Bonchev–Trinajstić information content (AvgIpc) is 2.17. The quantitative estimate of drug-likeness (QED) is 0.373. The first kappa shape index (κ1) is 14.0. The zero-order valence-electron chi connectivity index (χ0n) is 8.17. The summed E-state index contributed by atoms with van der Waals surface area (Å²) in [6, 6.07) is 0. The normalized spacial score (nSPS) is 41.0. The van der Waals surface area contributed by atoms with Gasteiger partial charge in [0.2, 0.25) is 0 Å². The Balaban J connectivity index is 2.57. The van der Waals surface area contributed by atoms with Gasteiger partial charge in [-0.25, -0.2) is 0 Å². The van der Waals surface area contributed by atoms with Crippen LogP contribution in [-0.2, 0) is 9.30 Å². The fourth-order valence-electron chi connectivity index (χ4n) is 1.45. The van der Waals surface area contributed by atoms with Crippen LogP contribution in [0.3, 0.4) is 0 Å². The van der Waals surface area contributed by atoms with E-state index in [1.807, 2.05) is 0 Å². The number of aliphatic hydroxyl groups excluding tert-OH is 4. The van der Waals surface area contributed by atoms with E-state index in [1.54, 1.807) is 0 Å². The van der Waals surface area contributed by atoms with Gasteiger partial charge in [0.05, 0.1) is 6.10 Å². The van der Waals surface area contributed by atoms with E-state index >= 15 is 0 Å². The molecule has 0 spiro atoms. The van der Waals surface area contributed by atoms with Crippen molar-refractivity contribution in [2.24, 2.45) is 0 Å². The second-order valence-corrected chi connectivity index (χ2v) is 5.33. The molecule has 0 aromatic carbocycles. The Hall–Kier alpha value is -0.0500. The standard InChI is InChI=1S/C7H15O8P/c8-4-3(1-2-16(12,13)14)15-7(11)6(10)5(4)9/h3-11H,1-2H2,(H2,12,13,14)/p-2/t3-,4-,5+,6-,7+/m1/s1. The van der Waals surface area contributed by atoms with Crippen LogP contribution in [0, 0.1) is 0 Å². The Morgan fingerprint density at radius 1 is 1.06 bits per heavy atom. The first-order chi connectivity index (χ1) is 7.22. The molecule has 0 radical (unpaired) electrons. The molecule has 0 unspecified atom stereocenters. The molecule has 1 aliphatic rings. The molecule has 0 aliphatic carbocycles. The second kappa shape index (κ2) is 5.07. The molecule has 9 heteroatoms. The molecule has 5 atom stereocenters. The predicted molar refractivity (Wildman–Crippen MR) is 46.0 cm³/mol. The van der Waals surface area contributed by atoms with E-state index in [0.717, 1.165) is 0 Å². The van der Waals surface area contributed by atoms with Gasteiger partial charge in [0.15, 0.2) is 6.29 Å². The highest BCUT2D eigenvalue weighted by molar-refractivity contribution is 7.48. The highest BCUT2D eigenvalue weighted by Gasteiger charge is 2.42. The maximum Gasteiger partial charge on any atom is 0.183 e. The molecular formula is C7H13O8P-2. The van der Waals surface area contributed by atoms with Crippen LogP contribution < -0.4 is 9.79 Å². The molecule has 1 heterocycles. The molecular weight excluding hydrogens is 243 g/mol. The molecule has 16 heavy (non-hydrogen) atoms. The van der Waals surface area contributed by atoms with Crippen molar-refractivity contribution in [3.8, 4) is 0 Å². The Kier molecular flexibility index (Phi) is 4.44. The Morgan fingerprint density at radius 3 is 2.12 bits per heavy atom. The second-order valence-electron chi connectivity index (χ2n) is 3.66. The minimum atomic E-state index is -4.73. The topological polar surface area (TPSA) is 153 Å². The van der Waals surface area contributed by atoms with Gasteiger partial charge in [0, 0.05) is 0 Å². The van der Waals surface area contributed by atoms with E-state index in [1.165, 1.54) is 0 Å². The minimum absolute atomic E-state index is 0.355. The third-order valence-corrected chi connectivity index (χ3v) is 3.18. The zero-order valence-corrected chi connectivity index (χ0v) is 9.06. The number of ether oxygens (including phenoxy) is 1. The van der Waals surface area contributed by atoms with Crippen molar-refractivity contribution in [3.05, 3.63) is 0 Å². The summed E-state index contributed by atoms with van der Waals surface area (Å²) in [5.74, 6) is 0. The monoisotopic (exact) mass is 256 g/mol. The Morgan fingerprint density at radius 2 is 1.62 bits per heavy atom. The van der Waals surface area contributed by atoms with Gasteiger partial charge >= 0.3 is 0 Å². The van der Waals surface area contributed by atoms with Crippen molar-refractivity contribution in [1.82, 2.24) is 0 Å². The van der Waals surface area contributed by atoms with Crippen LogP contribution in [0.1, 0.15) is 6.42 Å². The first-order valence-corrected chi connectivity index (χ1v) is 6.34. The maximum atomic E-state index is 10.4. The lowest BCUT2D eigenvalue weighted by atomic mass is 9.97. The van der Waals surface area contributed by atoms with E-state index in [9.17, 15) is 24.6 Å². The van der Waals surface area contributed by atoms with Gasteiger partial charge in [-0.3, -0.25) is 0 Å². The summed E-state index contributed by atoms with van der Waals surface area (Å²) in [6.07, 6.45) is -8.91. The highest BCUT2D eigenvalue weighted by atomic mass is 31.2. The van der Waals surface area contributed by atoms with Crippen molar-refractivity contribution >= 4 is 7.60 Å². The lowest BCUT2D eigenvalue weighted by Gasteiger charge is -2.40. The predicted octanol–water partition coefficient (Wildman–Crippen LogP) is -3.91. The van der Waals surface area contributed by atoms with Crippen LogP contribution in [0.25, 0.3) is 0 Å². The van der Waals surface area contributed by atoms with Crippen LogP contribution in [0.4, 0.5) is 0 Å². The highest BCUT2D eigenvalue weighted by Crippen LogP contribution is 2.29. The molecule has 1 saturated heterocycles. The zero-order chi connectivity index (χ0) is 12.5. The fraction of sp³-hybridized carbons (Fsp3) is 1.00. The van der Waals surface area contributed by atoms with Crippen molar-refractivity contribution in [2.75, 3.05) is 6.16 Å². The lowest BCUT2D eigenvalue weighted by Crippen LogP contribution is -2.57. The molecule has 0 bridgehead atoms. The van der Waals surface area contributed by atoms with Gasteiger partial charge < -0.3 is 39.5 Å². The van der Waals surface area contributed by atoms with Crippen molar-refractivity contribution < 1.29 is 39.5 Å². The lowest BCUT2D eigenvalue weighted by molar-refractivity contribution is -0.315. The molecule has 1 fully saturated rings. The molecule has 1 aliphatic heterocycles. The third kappa shape index (κ3) is 3.47. The average molecular weight is 256 g/mol. The van der Waals surface area contributed by atoms with Crippen molar-refractivity contribution in [3.63, 3.8) is 0 Å². The Bertz CT molecular complexity index is 278. The smallest absolute Gasteiger partial charge is 0.183 e.